The lowest BCUT2D eigenvalue weighted by molar-refractivity contribution is -0.145. The molecule has 1 aromatic heterocycles. The number of carbonyl (C=O) groups excluding carboxylic acids is 1. The minimum atomic E-state index is -1.10. The predicted molar refractivity (Wildman–Crippen MR) is 86.8 cm³/mol. The average Bonchev–Trinajstić information content (AvgIpc) is 2.75. The van der Waals surface area contributed by atoms with Gasteiger partial charge in [0.05, 0.1) is 5.56 Å². The Morgan fingerprint density at radius 1 is 1.24 bits per heavy atom. The molecule has 1 amide bonds. The number of carboxylic acids is 1. The monoisotopic (exact) mass is 351 g/mol. The van der Waals surface area contributed by atoms with E-state index in [9.17, 15) is 9.59 Å². The molecule has 3 rings (SSSR count). The van der Waals surface area contributed by atoms with Crippen molar-refractivity contribution in [2.75, 3.05) is 37.8 Å². The molecule has 0 aliphatic carbocycles. The second-order valence-corrected chi connectivity index (χ2v) is 6.33. The lowest BCUT2D eigenvalue weighted by Gasteiger charge is -2.27. The molecule has 0 bridgehead atoms. The number of nitrogens with two attached hydrogens (primary N) is 2. The lowest BCUT2D eigenvalue weighted by atomic mass is 9.90. The third-order valence-corrected chi connectivity index (χ3v) is 4.53. The minimum Gasteiger partial charge on any atom is -0.480 e. The van der Waals surface area contributed by atoms with E-state index < -0.39 is 18.2 Å². The number of likely N-dealkylation sites (tertiary alicyclic amines) is 1. The summed E-state index contributed by atoms with van der Waals surface area (Å²) >= 11 is 0. The molecule has 1 spiro atoms. The van der Waals surface area contributed by atoms with E-state index in [1.807, 2.05) is 0 Å². The van der Waals surface area contributed by atoms with Gasteiger partial charge in [-0.1, -0.05) is 0 Å². The van der Waals surface area contributed by atoms with Gasteiger partial charge < -0.3 is 30.9 Å². The van der Waals surface area contributed by atoms with Crippen LogP contribution in [0.3, 0.4) is 0 Å². The van der Waals surface area contributed by atoms with Crippen molar-refractivity contribution in [2.24, 2.45) is 0 Å². The minimum absolute atomic E-state index is 0.0781. The maximum atomic E-state index is 12.2. The quantitative estimate of drug-likeness (QED) is 0.646. The van der Waals surface area contributed by atoms with Crippen LogP contribution >= 0.6 is 0 Å². The largest absolute Gasteiger partial charge is 0.480 e. The Morgan fingerprint density at radius 2 is 2.04 bits per heavy atom. The molecule has 10 heteroatoms. The van der Waals surface area contributed by atoms with Gasteiger partial charge in [0, 0.05) is 25.9 Å². The van der Waals surface area contributed by atoms with Crippen LogP contribution in [-0.4, -0.2) is 63.8 Å². The summed E-state index contributed by atoms with van der Waals surface area (Å²) in [6.07, 6.45) is 2.71. The number of nitrogen functional groups attached to an aromatic ring is 2. The summed E-state index contributed by atoms with van der Waals surface area (Å²) in [6, 6.07) is 0. The summed E-state index contributed by atoms with van der Waals surface area (Å²) in [5, 5.41) is 8.55. The van der Waals surface area contributed by atoms with Gasteiger partial charge in [-0.15, -0.1) is 0 Å². The number of carbonyl (C=O) groups is 2. The molecule has 0 aromatic carbocycles. The first-order chi connectivity index (χ1) is 11.9. The summed E-state index contributed by atoms with van der Waals surface area (Å²) in [5.74, 6) is -0.488. The van der Waals surface area contributed by atoms with Gasteiger partial charge in [0.15, 0.2) is 0 Å². The Morgan fingerprint density at radius 3 is 2.80 bits per heavy atom. The Balaban J connectivity index is 1.62. The number of hydrogen-bond donors (Lipinski definition) is 3. The maximum Gasteiger partial charge on any atom is 0.329 e. The summed E-state index contributed by atoms with van der Waals surface area (Å²) in [6.45, 7) is 0.336. The van der Waals surface area contributed by atoms with E-state index in [-0.39, 0.29) is 18.5 Å². The molecule has 1 atom stereocenters. The number of aliphatic carboxylic acids is 1. The Hall–Kier alpha value is -2.62. The van der Waals surface area contributed by atoms with Crippen LogP contribution in [0.25, 0.3) is 0 Å². The molecule has 1 saturated heterocycles. The average molecular weight is 351 g/mol. The van der Waals surface area contributed by atoms with Crippen molar-refractivity contribution < 1.29 is 24.2 Å². The molecule has 5 N–H and O–H groups in total. The standard InChI is InChI=1S/C15H21N5O5/c16-12-9-6-15(25-13(9)19-14(17)18-12)2-1-4-20(5-3-15)10(21)7-24-8-11(22)23/h1-8H2,(H,22,23)(H4,16,17,18,19)/t15-/m1/s1. The Kier molecular flexibility index (Phi) is 4.62. The van der Waals surface area contributed by atoms with Gasteiger partial charge in [-0.05, 0) is 12.8 Å². The van der Waals surface area contributed by atoms with E-state index >= 15 is 0 Å². The fourth-order valence-corrected chi connectivity index (χ4v) is 3.32. The first-order valence-electron chi connectivity index (χ1n) is 8.07. The molecule has 2 aliphatic rings. The number of ether oxygens (including phenoxy) is 2. The van der Waals surface area contributed by atoms with Crippen molar-refractivity contribution >= 4 is 23.6 Å². The van der Waals surface area contributed by atoms with Crippen LogP contribution in [0.15, 0.2) is 0 Å². The summed E-state index contributed by atoms with van der Waals surface area (Å²) in [4.78, 5) is 32.4. The lowest BCUT2D eigenvalue weighted by Crippen LogP contribution is -2.38. The number of aromatic nitrogens is 2. The van der Waals surface area contributed by atoms with Crippen LogP contribution in [0.5, 0.6) is 5.88 Å². The first kappa shape index (κ1) is 17.2. The van der Waals surface area contributed by atoms with E-state index in [0.717, 1.165) is 18.4 Å². The van der Waals surface area contributed by atoms with Gasteiger partial charge in [0.2, 0.25) is 17.7 Å². The van der Waals surface area contributed by atoms with Gasteiger partial charge in [0.1, 0.15) is 24.6 Å². The van der Waals surface area contributed by atoms with Crippen LogP contribution in [0.2, 0.25) is 0 Å². The molecule has 0 saturated carbocycles. The number of fused-ring (bicyclic) bond motifs is 1. The number of rotatable bonds is 4. The van der Waals surface area contributed by atoms with E-state index in [2.05, 4.69) is 9.97 Å². The molecule has 0 unspecified atom stereocenters. The zero-order valence-corrected chi connectivity index (χ0v) is 13.7. The van der Waals surface area contributed by atoms with E-state index in [1.165, 1.54) is 0 Å². The van der Waals surface area contributed by atoms with E-state index in [0.29, 0.717) is 37.6 Å². The van der Waals surface area contributed by atoms with Gasteiger partial charge in [-0.25, -0.2) is 4.79 Å². The second-order valence-electron chi connectivity index (χ2n) is 6.33. The van der Waals surface area contributed by atoms with Crippen molar-refractivity contribution in [2.45, 2.75) is 31.3 Å². The zero-order valence-electron chi connectivity index (χ0n) is 13.7. The normalized spacial score (nSPS) is 22.3. The highest BCUT2D eigenvalue weighted by atomic mass is 16.5. The number of carboxylic acid groups (broad SMARTS) is 1. The van der Waals surface area contributed by atoms with Gasteiger partial charge in [-0.2, -0.15) is 9.97 Å². The predicted octanol–water partition coefficient (Wildman–Crippen LogP) is -0.572. The van der Waals surface area contributed by atoms with Crippen molar-refractivity contribution in [1.29, 1.82) is 0 Å². The Bertz CT molecular complexity index is 697. The van der Waals surface area contributed by atoms with Crippen molar-refractivity contribution in [3.8, 4) is 5.88 Å². The van der Waals surface area contributed by atoms with Gasteiger partial charge in [0.25, 0.3) is 0 Å². The zero-order chi connectivity index (χ0) is 18.0. The second kappa shape index (κ2) is 6.71. The van der Waals surface area contributed by atoms with Crippen LogP contribution in [0.4, 0.5) is 11.8 Å². The van der Waals surface area contributed by atoms with Crippen LogP contribution in [-0.2, 0) is 20.7 Å². The fourth-order valence-electron chi connectivity index (χ4n) is 3.32. The molecule has 1 fully saturated rings. The van der Waals surface area contributed by atoms with Crippen molar-refractivity contribution in [3.63, 3.8) is 0 Å². The number of anilines is 2. The fraction of sp³-hybridized carbons (Fsp3) is 0.600. The summed E-state index contributed by atoms with van der Waals surface area (Å²) in [7, 11) is 0. The molecule has 25 heavy (non-hydrogen) atoms. The number of hydrogen-bond acceptors (Lipinski definition) is 8. The highest BCUT2D eigenvalue weighted by Crippen LogP contribution is 2.42. The molecule has 3 heterocycles. The SMILES string of the molecule is Nc1nc(N)c2c(n1)O[C@@]1(CCCN(C(=O)COCC(=O)O)CC1)C2. The highest BCUT2D eigenvalue weighted by Gasteiger charge is 2.43. The van der Waals surface area contributed by atoms with Gasteiger partial charge >= 0.3 is 5.97 Å². The summed E-state index contributed by atoms with van der Waals surface area (Å²) < 4.78 is 10.9. The molecule has 2 aliphatic heterocycles. The van der Waals surface area contributed by atoms with Crippen molar-refractivity contribution in [1.82, 2.24) is 14.9 Å². The smallest absolute Gasteiger partial charge is 0.329 e. The van der Waals surface area contributed by atoms with Crippen LogP contribution in [0.1, 0.15) is 24.8 Å². The number of amides is 1. The maximum absolute atomic E-state index is 12.2. The molecule has 136 valence electrons. The van der Waals surface area contributed by atoms with E-state index in [4.69, 9.17) is 26.0 Å². The molecule has 0 radical (unpaired) electrons. The molecule has 10 nitrogen and oxygen atoms in total. The van der Waals surface area contributed by atoms with E-state index in [1.54, 1.807) is 4.90 Å². The first-order valence-corrected chi connectivity index (χ1v) is 8.07. The summed E-state index contributed by atoms with van der Waals surface area (Å²) in [5.41, 5.74) is 11.8. The van der Waals surface area contributed by atoms with Crippen LogP contribution in [0, 0.1) is 0 Å². The van der Waals surface area contributed by atoms with Gasteiger partial charge in [-0.3, -0.25) is 4.79 Å². The highest BCUT2D eigenvalue weighted by molar-refractivity contribution is 5.78. The molecular weight excluding hydrogens is 330 g/mol. The number of nitrogens with zero attached hydrogens (tertiary/aromatic N) is 3. The van der Waals surface area contributed by atoms with Crippen molar-refractivity contribution in [3.05, 3.63) is 5.56 Å². The van der Waals surface area contributed by atoms with Crippen LogP contribution < -0.4 is 16.2 Å². The molecule has 1 aromatic rings. The third-order valence-electron chi connectivity index (χ3n) is 4.53. The topological polar surface area (TPSA) is 154 Å². The Labute approximate surface area is 144 Å². The molecular formula is C15H21N5O5. The third kappa shape index (κ3) is 3.73.